The molecule has 0 unspecified atom stereocenters. The molecule has 4 nitrogen and oxygen atoms in total. The molecule has 0 radical (unpaired) electrons. The smallest absolute Gasteiger partial charge is 0.0715 e. The number of fused-ring (bicyclic) bond motifs is 6. The normalized spacial score (nSPS) is 11.5. The van der Waals surface area contributed by atoms with Crippen LogP contribution in [0.25, 0.3) is 145 Å². The number of pyridine rings is 2. The summed E-state index contributed by atoms with van der Waals surface area (Å²) in [6.45, 7) is 0. The first kappa shape index (κ1) is 46.6. The van der Waals surface area contributed by atoms with E-state index in [2.05, 4.69) is 312 Å². The topological polar surface area (TPSA) is 35.6 Å². The average molecular weight is 1020 g/mol. The van der Waals surface area contributed by atoms with Crippen molar-refractivity contribution in [1.82, 2.24) is 19.1 Å². The first-order valence-electron chi connectivity index (χ1n) is 27.3. The summed E-state index contributed by atoms with van der Waals surface area (Å²) >= 11 is 0. The van der Waals surface area contributed by atoms with Crippen molar-refractivity contribution >= 4 is 43.6 Å². The minimum absolute atomic E-state index is 0.885. The third-order valence-electron chi connectivity index (χ3n) is 15.7. The molecule has 0 saturated carbocycles. The second-order valence-corrected chi connectivity index (χ2v) is 20.6. The fraction of sp³-hybridized carbons (Fsp3) is 0. The standard InChI is InChI=1S/C76H50N4/c1-7-20-51(21-8-1)55-34-38-73-65(43-55)67-45-57(36-40-75(67)79(73)63-30-15-5-16-31-63)61-47-69(53-24-11-3-12-25-53)77-71(49-61)59-28-19-29-60(42-59)72-50-62(48-70(78-72)54-26-13-4-14-27-54)58-37-41-76-68(46-58)66-44-56(52-22-9-2-10-23-52)35-39-74(66)80(76)64-32-17-6-18-33-64/h1-50H. The Balaban J connectivity index is 0.875. The Kier molecular flexibility index (Phi) is 11.5. The van der Waals surface area contributed by atoms with E-state index in [1.807, 2.05) is 0 Å². The van der Waals surface area contributed by atoms with E-state index < -0.39 is 0 Å². The van der Waals surface area contributed by atoms with Crippen LogP contribution in [0.5, 0.6) is 0 Å². The number of rotatable bonds is 10. The second kappa shape index (κ2) is 19.7. The summed E-state index contributed by atoms with van der Waals surface area (Å²) in [6, 6.07) is 109. The molecule has 0 fully saturated rings. The Labute approximate surface area is 464 Å². The summed E-state index contributed by atoms with van der Waals surface area (Å²) in [5.41, 5.74) is 23.8. The Hall–Kier alpha value is -10.7. The van der Waals surface area contributed by atoms with Gasteiger partial charge in [0.25, 0.3) is 0 Å². The first-order valence-corrected chi connectivity index (χ1v) is 27.3. The zero-order valence-electron chi connectivity index (χ0n) is 43.7. The van der Waals surface area contributed by atoms with Gasteiger partial charge in [0.1, 0.15) is 0 Å². The first-order chi connectivity index (χ1) is 39.6. The van der Waals surface area contributed by atoms with Crippen LogP contribution in [0.3, 0.4) is 0 Å². The van der Waals surface area contributed by atoms with Crippen molar-refractivity contribution < 1.29 is 0 Å². The zero-order chi connectivity index (χ0) is 52.9. The van der Waals surface area contributed by atoms with E-state index in [0.29, 0.717) is 0 Å². The molecule has 11 aromatic carbocycles. The van der Waals surface area contributed by atoms with Crippen LogP contribution in [0.2, 0.25) is 0 Å². The summed E-state index contributed by atoms with van der Waals surface area (Å²) in [5.74, 6) is 0. The highest BCUT2D eigenvalue weighted by Crippen LogP contribution is 2.42. The lowest BCUT2D eigenvalue weighted by molar-refractivity contribution is 1.18. The molecule has 0 N–H and O–H groups in total. The summed E-state index contributed by atoms with van der Waals surface area (Å²) in [4.78, 5) is 10.9. The Morgan fingerprint density at radius 3 is 0.762 bits per heavy atom. The van der Waals surface area contributed by atoms with E-state index in [1.165, 1.54) is 54.8 Å². The van der Waals surface area contributed by atoms with Gasteiger partial charge in [0.05, 0.1) is 44.8 Å². The third-order valence-corrected chi connectivity index (χ3v) is 15.7. The van der Waals surface area contributed by atoms with Crippen molar-refractivity contribution in [3.63, 3.8) is 0 Å². The fourth-order valence-electron chi connectivity index (χ4n) is 11.8. The monoisotopic (exact) mass is 1020 g/mol. The van der Waals surface area contributed by atoms with Gasteiger partial charge >= 0.3 is 0 Å². The van der Waals surface area contributed by atoms with Crippen LogP contribution in [0.15, 0.2) is 303 Å². The quantitative estimate of drug-likeness (QED) is 0.137. The van der Waals surface area contributed by atoms with Gasteiger partial charge in [-0.25, -0.2) is 9.97 Å². The van der Waals surface area contributed by atoms with Crippen LogP contribution >= 0.6 is 0 Å². The van der Waals surface area contributed by atoms with Gasteiger partial charge in [-0.15, -0.1) is 0 Å². The molecule has 4 heteroatoms. The zero-order valence-corrected chi connectivity index (χ0v) is 43.7. The molecule has 0 aliphatic rings. The van der Waals surface area contributed by atoms with Gasteiger partial charge in [0, 0.05) is 55.2 Å². The predicted octanol–water partition coefficient (Wildman–Crippen LogP) is 20.0. The van der Waals surface area contributed by atoms with Crippen molar-refractivity contribution in [3.05, 3.63) is 303 Å². The molecule has 0 amide bonds. The molecule has 4 heterocycles. The number of hydrogen-bond acceptors (Lipinski definition) is 2. The number of para-hydroxylation sites is 2. The molecular formula is C76H50N4. The van der Waals surface area contributed by atoms with Gasteiger partial charge in [0.2, 0.25) is 0 Å². The number of benzene rings is 11. The van der Waals surface area contributed by atoms with Gasteiger partial charge in [0.15, 0.2) is 0 Å². The van der Waals surface area contributed by atoms with Crippen molar-refractivity contribution in [3.8, 4) is 101 Å². The Morgan fingerprint density at radius 2 is 0.438 bits per heavy atom. The van der Waals surface area contributed by atoms with E-state index in [4.69, 9.17) is 9.97 Å². The van der Waals surface area contributed by atoms with Crippen molar-refractivity contribution in [2.45, 2.75) is 0 Å². The number of nitrogens with zero attached hydrogens (tertiary/aromatic N) is 4. The molecule has 15 aromatic rings. The molecule has 0 bridgehead atoms. The van der Waals surface area contributed by atoms with Crippen LogP contribution in [-0.2, 0) is 0 Å². The highest BCUT2D eigenvalue weighted by molar-refractivity contribution is 6.13. The molecule has 0 spiro atoms. The van der Waals surface area contributed by atoms with Crippen molar-refractivity contribution in [2.24, 2.45) is 0 Å². The minimum Gasteiger partial charge on any atom is -0.309 e. The molecule has 15 rings (SSSR count). The maximum Gasteiger partial charge on any atom is 0.0715 e. The summed E-state index contributed by atoms with van der Waals surface area (Å²) in [6.07, 6.45) is 0. The summed E-state index contributed by atoms with van der Waals surface area (Å²) < 4.78 is 4.78. The van der Waals surface area contributed by atoms with Crippen LogP contribution < -0.4 is 0 Å². The number of aromatic nitrogens is 4. The third kappa shape index (κ3) is 8.44. The highest BCUT2D eigenvalue weighted by atomic mass is 15.0. The molecule has 0 aliphatic carbocycles. The van der Waals surface area contributed by atoms with Crippen LogP contribution in [0.4, 0.5) is 0 Å². The van der Waals surface area contributed by atoms with Crippen molar-refractivity contribution in [1.29, 1.82) is 0 Å². The van der Waals surface area contributed by atoms with Crippen molar-refractivity contribution in [2.75, 3.05) is 0 Å². The van der Waals surface area contributed by atoms with Gasteiger partial charge in [-0.1, -0.05) is 200 Å². The Bertz CT molecular complexity index is 4470. The lowest BCUT2D eigenvalue weighted by Crippen LogP contribution is -1.94. The largest absolute Gasteiger partial charge is 0.309 e. The van der Waals surface area contributed by atoms with E-state index in [0.717, 1.165) is 89.7 Å². The fourth-order valence-corrected chi connectivity index (χ4v) is 11.8. The molecule has 374 valence electrons. The highest BCUT2D eigenvalue weighted by Gasteiger charge is 2.19. The average Bonchev–Trinajstić information content (AvgIpc) is 4.10. The maximum atomic E-state index is 5.44. The second-order valence-electron chi connectivity index (χ2n) is 20.6. The molecule has 0 aliphatic heterocycles. The number of hydrogen-bond donors (Lipinski definition) is 0. The van der Waals surface area contributed by atoms with E-state index in [-0.39, 0.29) is 0 Å². The van der Waals surface area contributed by atoms with Crippen LogP contribution in [0, 0.1) is 0 Å². The maximum absolute atomic E-state index is 5.44. The van der Waals surface area contributed by atoms with Gasteiger partial charge in [-0.3, -0.25) is 0 Å². The predicted molar refractivity (Wildman–Crippen MR) is 334 cm³/mol. The van der Waals surface area contributed by atoms with E-state index in [1.54, 1.807) is 0 Å². The van der Waals surface area contributed by atoms with Gasteiger partial charge in [-0.2, -0.15) is 0 Å². The molecule has 0 saturated heterocycles. The minimum atomic E-state index is 0.885. The molecule has 80 heavy (non-hydrogen) atoms. The SMILES string of the molecule is c1ccc(-c2ccc3c(c2)c2cc(-c4cc(-c5ccccc5)nc(-c5cccc(-c6cc(-c7ccc8c(c7)c7cc(-c9ccccc9)ccc7n8-c7ccccc7)cc(-c7ccccc7)n6)c5)c4)ccc2n3-c2ccccc2)cc1. The van der Waals surface area contributed by atoms with Gasteiger partial charge < -0.3 is 9.13 Å². The lowest BCUT2D eigenvalue weighted by Gasteiger charge is -2.13. The summed E-state index contributed by atoms with van der Waals surface area (Å²) in [7, 11) is 0. The lowest BCUT2D eigenvalue weighted by atomic mass is 9.96. The van der Waals surface area contributed by atoms with Crippen LogP contribution in [-0.4, -0.2) is 19.1 Å². The summed E-state index contributed by atoms with van der Waals surface area (Å²) in [5, 5.41) is 4.80. The molecular weight excluding hydrogens is 969 g/mol. The Morgan fingerprint density at radius 1 is 0.175 bits per heavy atom. The van der Waals surface area contributed by atoms with Gasteiger partial charge in [-0.05, 0) is 148 Å². The van der Waals surface area contributed by atoms with E-state index in [9.17, 15) is 0 Å². The molecule has 0 atom stereocenters. The van der Waals surface area contributed by atoms with E-state index >= 15 is 0 Å². The molecule has 4 aromatic heterocycles. The van der Waals surface area contributed by atoms with Crippen LogP contribution in [0.1, 0.15) is 0 Å².